The fourth-order valence-corrected chi connectivity index (χ4v) is 5.09. The molecule has 0 aliphatic heterocycles. The van der Waals surface area contributed by atoms with Gasteiger partial charge in [-0.3, -0.25) is 0 Å². The topological polar surface area (TPSA) is 40.5 Å². The molecular weight excluding hydrogens is 239 g/mol. The van der Waals surface area contributed by atoms with Gasteiger partial charge in [0.15, 0.2) is 0 Å². The monoisotopic (exact) mass is 256 g/mol. The zero-order chi connectivity index (χ0) is 13.2. The Kier molecular flexibility index (Phi) is 3.71. The molecule has 0 spiro atoms. The van der Waals surface area contributed by atoms with E-state index in [9.17, 15) is 10.0 Å². The van der Waals surface area contributed by atoms with Crippen molar-refractivity contribution in [3.8, 4) is 0 Å². The number of hydrogen-bond acceptors (Lipinski definition) is 2. The van der Waals surface area contributed by atoms with Crippen molar-refractivity contribution < 1.29 is 10.0 Å². The molecule has 0 aromatic heterocycles. The highest BCUT2D eigenvalue weighted by atomic mass is 28.3. The smallest absolute Gasteiger partial charge is 0.423 e. The van der Waals surface area contributed by atoms with Crippen LogP contribution in [0.5, 0.6) is 0 Å². The van der Waals surface area contributed by atoms with Gasteiger partial charge >= 0.3 is 7.12 Å². The molecule has 0 unspecified atom stereocenters. The van der Waals surface area contributed by atoms with Gasteiger partial charge in [-0.15, -0.1) is 0 Å². The molecule has 0 radical (unpaired) electrons. The molecular formula is C14H17BO2Si. The molecule has 0 aliphatic rings. The normalized spacial score (nSPS) is 11.3. The second-order valence-corrected chi connectivity index (χ2v) is 9.32. The minimum Gasteiger partial charge on any atom is -0.423 e. The van der Waals surface area contributed by atoms with Gasteiger partial charge in [-0.05, 0) is 5.46 Å². The summed E-state index contributed by atoms with van der Waals surface area (Å²) in [6, 6.07) is 17.9. The van der Waals surface area contributed by atoms with Crippen molar-refractivity contribution in [3.63, 3.8) is 0 Å². The van der Waals surface area contributed by atoms with E-state index in [1.807, 2.05) is 36.4 Å². The Bertz CT molecular complexity index is 526. The minimum absolute atomic E-state index is 0.623. The third-order valence-electron chi connectivity index (χ3n) is 3.41. The van der Waals surface area contributed by atoms with Crippen LogP contribution in [0.2, 0.25) is 13.1 Å². The zero-order valence-electron chi connectivity index (χ0n) is 10.7. The Morgan fingerprint density at radius 3 is 2.00 bits per heavy atom. The number of benzene rings is 2. The maximum absolute atomic E-state index is 9.49. The minimum atomic E-state index is -1.88. The summed E-state index contributed by atoms with van der Waals surface area (Å²) < 4.78 is 0. The van der Waals surface area contributed by atoms with Crippen molar-refractivity contribution in [2.75, 3.05) is 0 Å². The van der Waals surface area contributed by atoms with Crippen molar-refractivity contribution in [2.45, 2.75) is 13.1 Å². The predicted molar refractivity (Wildman–Crippen MR) is 79.5 cm³/mol. The van der Waals surface area contributed by atoms with E-state index in [1.165, 1.54) is 5.19 Å². The first-order valence-corrected chi connectivity index (χ1v) is 9.04. The molecule has 0 bridgehead atoms. The van der Waals surface area contributed by atoms with E-state index in [-0.39, 0.29) is 0 Å². The summed E-state index contributed by atoms with van der Waals surface area (Å²) in [5.74, 6) is 0. The van der Waals surface area contributed by atoms with Gasteiger partial charge in [0.25, 0.3) is 0 Å². The van der Waals surface area contributed by atoms with Crippen LogP contribution in [0.3, 0.4) is 0 Å². The van der Waals surface area contributed by atoms with Crippen LogP contribution in [0, 0.1) is 0 Å². The predicted octanol–water partition coefficient (Wildman–Crippen LogP) is 0.189. The second-order valence-electron chi connectivity index (χ2n) is 4.95. The quantitative estimate of drug-likeness (QED) is 0.770. The Hall–Kier alpha value is -1.36. The maximum atomic E-state index is 9.49. The van der Waals surface area contributed by atoms with Gasteiger partial charge in [0.1, 0.15) is 8.07 Å². The Balaban J connectivity index is 2.54. The molecule has 0 atom stereocenters. The molecule has 92 valence electrons. The summed E-state index contributed by atoms with van der Waals surface area (Å²) in [5.41, 5.74) is 0.623. The van der Waals surface area contributed by atoms with Crippen molar-refractivity contribution >= 4 is 31.0 Å². The van der Waals surface area contributed by atoms with Crippen molar-refractivity contribution in [1.29, 1.82) is 0 Å². The summed E-state index contributed by atoms with van der Waals surface area (Å²) in [5, 5.41) is 21.4. The van der Waals surface area contributed by atoms with Crippen LogP contribution >= 0.6 is 0 Å². The van der Waals surface area contributed by atoms with Crippen molar-refractivity contribution in [2.24, 2.45) is 0 Å². The van der Waals surface area contributed by atoms with E-state index in [1.54, 1.807) is 6.07 Å². The lowest BCUT2D eigenvalue weighted by Crippen LogP contribution is -2.61. The highest BCUT2D eigenvalue weighted by molar-refractivity contribution is 7.02. The van der Waals surface area contributed by atoms with Gasteiger partial charge in [0, 0.05) is 0 Å². The molecule has 4 heteroatoms. The molecule has 2 aromatic carbocycles. The lowest BCUT2D eigenvalue weighted by atomic mass is 9.80. The first kappa shape index (κ1) is 13.1. The average Bonchev–Trinajstić information content (AvgIpc) is 2.39. The van der Waals surface area contributed by atoms with Gasteiger partial charge < -0.3 is 10.0 Å². The molecule has 18 heavy (non-hydrogen) atoms. The van der Waals surface area contributed by atoms with E-state index in [4.69, 9.17) is 0 Å². The SMILES string of the molecule is C[Si](C)(c1ccccc1)c1ccccc1B(O)O. The number of rotatable bonds is 3. The summed E-state index contributed by atoms with van der Waals surface area (Å²) >= 11 is 0. The summed E-state index contributed by atoms with van der Waals surface area (Å²) in [7, 11) is -3.29. The van der Waals surface area contributed by atoms with Crippen LogP contribution in [0.4, 0.5) is 0 Å². The molecule has 2 rings (SSSR count). The third-order valence-corrected chi connectivity index (χ3v) is 6.99. The fourth-order valence-electron chi connectivity index (χ4n) is 2.30. The molecule has 0 saturated carbocycles. The van der Waals surface area contributed by atoms with E-state index >= 15 is 0 Å². The third kappa shape index (κ3) is 2.41. The lowest BCUT2D eigenvalue weighted by Gasteiger charge is -2.26. The molecule has 0 heterocycles. The first-order valence-electron chi connectivity index (χ1n) is 6.04. The van der Waals surface area contributed by atoms with Crippen LogP contribution < -0.4 is 15.8 Å². The zero-order valence-corrected chi connectivity index (χ0v) is 11.7. The molecule has 2 aromatic rings. The summed E-state index contributed by atoms with van der Waals surface area (Å²) in [4.78, 5) is 0. The van der Waals surface area contributed by atoms with Crippen LogP contribution in [-0.4, -0.2) is 25.2 Å². The lowest BCUT2D eigenvalue weighted by molar-refractivity contribution is 0.426. The molecule has 0 aliphatic carbocycles. The van der Waals surface area contributed by atoms with E-state index in [0.717, 1.165) is 5.19 Å². The summed E-state index contributed by atoms with van der Waals surface area (Å²) in [6.07, 6.45) is 0. The molecule has 0 fully saturated rings. The van der Waals surface area contributed by atoms with Gasteiger partial charge in [-0.1, -0.05) is 78.1 Å². The molecule has 2 nitrogen and oxygen atoms in total. The first-order chi connectivity index (χ1) is 8.53. The summed E-state index contributed by atoms with van der Waals surface area (Å²) in [6.45, 7) is 4.45. The highest BCUT2D eigenvalue weighted by Gasteiger charge is 2.30. The Labute approximate surface area is 109 Å². The second kappa shape index (κ2) is 5.10. The Morgan fingerprint density at radius 1 is 0.833 bits per heavy atom. The molecule has 0 amide bonds. The molecule has 0 saturated heterocycles. The van der Waals surface area contributed by atoms with Crippen molar-refractivity contribution in [3.05, 3.63) is 54.6 Å². The van der Waals surface area contributed by atoms with Gasteiger partial charge in [0.05, 0.1) is 0 Å². The van der Waals surface area contributed by atoms with Crippen LogP contribution in [-0.2, 0) is 0 Å². The van der Waals surface area contributed by atoms with E-state index < -0.39 is 15.2 Å². The van der Waals surface area contributed by atoms with Gasteiger partial charge in [-0.25, -0.2) is 0 Å². The van der Waals surface area contributed by atoms with E-state index in [0.29, 0.717) is 5.46 Å². The van der Waals surface area contributed by atoms with E-state index in [2.05, 4.69) is 25.2 Å². The standard InChI is InChI=1S/C14H17BO2Si/c1-18(2,12-8-4-3-5-9-12)14-11-7-6-10-13(14)15(16)17/h3-11,16-17H,1-2H3. The Morgan fingerprint density at radius 2 is 1.39 bits per heavy atom. The maximum Gasteiger partial charge on any atom is 0.488 e. The van der Waals surface area contributed by atoms with Crippen molar-refractivity contribution in [1.82, 2.24) is 0 Å². The van der Waals surface area contributed by atoms with Gasteiger partial charge in [0.2, 0.25) is 0 Å². The number of hydrogen-bond donors (Lipinski definition) is 2. The average molecular weight is 256 g/mol. The van der Waals surface area contributed by atoms with Gasteiger partial charge in [-0.2, -0.15) is 0 Å². The fraction of sp³-hybridized carbons (Fsp3) is 0.143. The highest BCUT2D eigenvalue weighted by Crippen LogP contribution is 2.03. The van der Waals surface area contributed by atoms with Crippen LogP contribution in [0.25, 0.3) is 0 Å². The largest absolute Gasteiger partial charge is 0.488 e. The van der Waals surface area contributed by atoms with Crippen LogP contribution in [0.1, 0.15) is 0 Å². The van der Waals surface area contributed by atoms with Crippen LogP contribution in [0.15, 0.2) is 54.6 Å². The molecule has 2 N–H and O–H groups in total.